The number of thioether (sulfide) groups is 1. The van der Waals surface area contributed by atoms with E-state index >= 15 is 0 Å². The molecule has 7 nitrogen and oxygen atoms in total. The molecule has 1 atom stereocenters. The molecule has 1 aromatic carbocycles. The Morgan fingerprint density at radius 1 is 1.26 bits per heavy atom. The minimum absolute atomic E-state index is 0.232. The molecule has 8 heteroatoms. The molecule has 3 rings (SSSR count). The number of hydrogen-bond acceptors (Lipinski definition) is 7. The quantitative estimate of drug-likeness (QED) is 0.785. The molecular weight excluding hydrogens is 364 g/mol. The van der Waals surface area contributed by atoms with Crippen LogP contribution in [0, 0.1) is 11.3 Å². The fourth-order valence-corrected chi connectivity index (χ4v) is 3.42. The highest BCUT2D eigenvalue weighted by molar-refractivity contribution is 8.15. The molecular formula is C19H18N4O3S. The van der Waals surface area contributed by atoms with Gasteiger partial charge >= 0.3 is 0 Å². The Morgan fingerprint density at radius 3 is 2.63 bits per heavy atom. The molecule has 1 unspecified atom stereocenters. The first kappa shape index (κ1) is 18.7. The highest BCUT2D eigenvalue weighted by Crippen LogP contribution is 2.23. The molecule has 1 saturated heterocycles. The van der Waals surface area contributed by atoms with Crippen molar-refractivity contribution in [3.8, 4) is 11.8 Å². The molecule has 1 aromatic heterocycles. The molecule has 0 saturated carbocycles. The lowest BCUT2D eigenvalue weighted by Crippen LogP contribution is -2.25. The van der Waals surface area contributed by atoms with Crippen molar-refractivity contribution in [3.05, 3.63) is 53.7 Å². The van der Waals surface area contributed by atoms with Gasteiger partial charge in [-0.05, 0) is 36.2 Å². The second-order valence-corrected chi connectivity index (χ2v) is 7.19. The van der Waals surface area contributed by atoms with Gasteiger partial charge in [0.15, 0.2) is 0 Å². The van der Waals surface area contributed by atoms with Crippen LogP contribution in [-0.2, 0) is 11.2 Å². The van der Waals surface area contributed by atoms with Crippen LogP contribution in [0.25, 0.3) is 0 Å². The predicted octanol–water partition coefficient (Wildman–Crippen LogP) is 2.36. The number of carbonyl (C=O) groups is 2. The molecule has 27 heavy (non-hydrogen) atoms. The number of amides is 2. The number of carbonyl (C=O) groups excluding carboxylic acids is 2. The number of nitrogens with one attached hydrogen (secondary N) is 1. The van der Waals surface area contributed by atoms with Crippen LogP contribution < -0.4 is 15.0 Å². The monoisotopic (exact) mass is 382 g/mol. The van der Waals surface area contributed by atoms with Crippen molar-refractivity contribution in [2.24, 2.45) is 0 Å². The molecule has 0 radical (unpaired) electrons. The van der Waals surface area contributed by atoms with Crippen LogP contribution in [0.5, 0.6) is 5.75 Å². The molecule has 1 fully saturated rings. The number of likely N-dealkylation sites (N-methyl/N-ethyl adjacent to an activating group) is 1. The van der Waals surface area contributed by atoms with Crippen LogP contribution in [0.2, 0.25) is 0 Å². The second kappa shape index (κ2) is 8.56. The first-order valence-electron chi connectivity index (χ1n) is 8.35. The zero-order valence-corrected chi connectivity index (χ0v) is 15.5. The summed E-state index contributed by atoms with van der Waals surface area (Å²) in [5.74, 6) is 1.28. The fraction of sp³-hybridized carbons (Fsp3) is 0.263. The van der Waals surface area contributed by atoms with Gasteiger partial charge in [-0.25, -0.2) is 4.98 Å². The van der Waals surface area contributed by atoms with Gasteiger partial charge in [0, 0.05) is 13.2 Å². The summed E-state index contributed by atoms with van der Waals surface area (Å²) >= 11 is 1.03. The Morgan fingerprint density at radius 2 is 2.04 bits per heavy atom. The summed E-state index contributed by atoms with van der Waals surface area (Å²) in [4.78, 5) is 29.0. The number of nitrogens with zero attached hydrogens (tertiary/aromatic N) is 3. The Hall–Kier alpha value is -3.05. The van der Waals surface area contributed by atoms with Gasteiger partial charge in [0.25, 0.3) is 5.24 Å². The van der Waals surface area contributed by atoms with Gasteiger partial charge in [0.2, 0.25) is 5.91 Å². The standard InChI is InChI=1S/C19H18N4O3S/c1-23(17-7-4-14(11-20)12-21-17)8-9-26-15-5-2-13(3-6-15)10-16-18(24)22-19(25)27-16/h2-7,12,16H,8-10H2,1H3,(H,22,24,25). The summed E-state index contributed by atoms with van der Waals surface area (Å²) in [7, 11) is 1.91. The van der Waals surface area contributed by atoms with Crippen molar-refractivity contribution in [3.63, 3.8) is 0 Å². The van der Waals surface area contributed by atoms with E-state index in [2.05, 4.69) is 10.3 Å². The molecule has 1 N–H and O–H groups in total. The zero-order chi connectivity index (χ0) is 19.2. The largest absolute Gasteiger partial charge is 0.492 e. The number of pyridine rings is 1. The van der Waals surface area contributed by atoms with Gasteiger partial charge < -0.3 is 9.64 Å². The molecule has 0 aliphatic carbocycles. The summed E-state index contributed by atoms with van der Waals surface area (Å²) in [6.07, 6.45) is 2.05. The maximum Gasteiger partial charge on any atom is 0.286 e. The number of anilines is 1. The van der Waals surface area contributed by atoms with Crippen molar-refractivity contribution in [2.75, 3.05) is 25.1 Å². The number of ether oxygens (including phenoxy) is 1. The van der Waals surface area contributed by atoms with E-state index in [1.165, 1.54) is 0 Å². The number of imide groups is 1. The topological polar surface area (TPSA) is 95.3 Å². The van der Waals surface area contributed by atoms with Crippen LogP contribution in [0.3, 0.4) is 0 Å². The summed E-state index contributed by atoms with van der Waals surface area (Å²) < 4.78 is 5.75. The molecule has 138 valence electrons. The summed E-state index contributed by atoms with van der Waals surface area (Å²) in [6.45, 7) is 1.12. The van der Waals surface area contributed by atoms with Crippen LogP contribution in [0.15, 0.2) is 42.6 Å². The van der Waals surface area contributed by atoms with Gasteiger partial charge in [0.1, 0.15) is 24.2 Å². The van der Waals surface area contributed by atoms with Crippen LogP contribution in [0.1, 0.15) is 11.1 Å². The lowest BCUT2D eigenvalue weighted by Gasteiger charge is -2.18. The van der Waals surface area contributed by atoms with Gasteiger partial charge in [-0.15, -0.1) is 0 Å². The Bertz CT molecular complexity index is 862. The zero-order valence-electron chi connectivity index (χ0n) is 14.7. The van der Waals surface area contributed by atoms with Crippen molar-refractivity contribution >= 4 is 28.7 Å². The normalized spacial score (nSPS) is 15.9. The first-order valence-corrected chi connectivity index (χ1v) is 9.23. The molecule has 0 spiro atoms. The SMILES string of the molecule is CN(CCOc1ccc(CC2SC(=O)NC2=O)cc1)c1ccc(C#N)cn1. The Balaban J connectivity index is 1.46. The molecule has 0 bridgehead atoms. The smallest absolute Gasteiger partial charge is 0.286 e. The third-order valence-corrected chi connectivity index (χ3v) is 5.06. The third-order valence-electron chi connectivity index (χ3n) is 4.07. The lowest BCUT2D eigenvalue weighted by molar-refractivity contribution is -0.118. The van der Waals surface area contributed by atoms with E-state index in [9.17, 15) is 9.59 Å². The van der Waals surface area contributed by atoms with Crippen molar-refractivity contribution in [2.45, 2.75) is 11.7 Å². The van der Waals surface area contributed by atoms with Gasteiger partial charge in [-0.1, -0.05) is 23.9 Å². The average molecular weight is 382 g/mol. The minimum atomic E-state index is -0.363. The number of rotatable bonds is 7. The second-order valence-electron chi connectivity index (χ2n) is 6.02. The number of benzene rings is 1. The molecule has 2 amide bonds. The van der Waals surface area contributed by atoms with E-state index in [0.717, 1.165) is 28.9 Å². The van der Waals surface area contributed by atoms with E-state index in [4.69, 9.17) is 10.00 Å². The molecule has 1 aliphatic heterocycles. The van der Waals surface area contributed by atoms with Crippen LogP contribution in [0.4, 0.5) is 10.6 Å². The highest BCUT2D eigenvalue weighted by Gasteiger charge is 2.31. The number of nitriles is 1. The van der Waals surface area contributed by atoms with Crippen LogP contribution in [-0.4, -0.2) is 41.6 Å². The third kappa shape index (κ3) is 4.99. The Labute approximate surface area is 161 Å². The maximum atomic E-state index is 11.6. The van der Waals surface area contributed by atoms with Crippen molar-refractivity contribution in [1.29, 1.82) is 5.26 Å². The van der Waals surface area contributed by atoms with E-state index in [1.54, 1.807) is 18.3 Å². The average Bonchev–Trinajstić information content (AvgIpc) is 3.00. The van der Waals surface area contributed by atoms with Crippen molar-refractivity contribution < 1.29 is 14.3 Å². The molecule has 2 heterocycles. The summed E-state index contributed by atoms with van der Waals surface area (Å²) in [5, 5.41) is 10.4. The number of aromatic nitrogens is 1. The molecule has 1 aliphatic rings. The van der Waals surface area contributed by atoms with Gasteiger partial charge in [-0.2, -0.15) is 5.26 Å². The highest BCUT2D eigenvalue weighted by atomic mass is 32.2. The first-order chi connectivity index (χ1) is 13.0. The Kier molecular flexibility index (Phi) is 5.94. The maximum absolute atomic E-state index is 11.6. The molecule has 2 aromatic rings. The summed E-state index contributed by atoms with van der Waals surface area (Å²) in [5.41, 5.74) is 1.50. The predicted molar refractivity (Wildman–Crippen MR) is 103 cm³/mol. The van der Waals surface area contributed by atoms with Crippen LogP contribution >= 0.6 is 11.8 Å². The van der Waals surface area contributed by atoms with E-state index in [0.29, 0.717) is 25.1 Å². The lowest BCUT2D eigenvalue weighted by atomic mass is 10.1. The van der Waals surface area contributed by atoms with E-state index in [1.807, 2.05) is 42.3 Å². The fourth-order valence-electron chi connectivity index (χ4n) is 2.56. The summed E-state index contributed by atoms with van der Waals surface area (Å²) in [6, 6.07) is 13.1. The van der Waals surface area contributed by atoms with Gasteiger partial charge in [-0.3, -0.25) is 14.9 Å². The van der Waals surface area contributed by atoms with E-state index in [-0.39, 0.29) is 16.4 Å². The number of hydrogen-bond donors (Lipinski definition) is 1. The minimum Gasteiger partial charge on any atom is -0.492 e. The van der Waals surface area contributed by atoms with Crippen molar-refractivity contribution in [1.82, 2.24) is 10.3 Å². The van der Waals surface area contributed by atoms with Gasteiger partial charge in [0.05, 0.1) is 17.4 Å². The van der Waals surface area contributed by atoms with E-state index < -0.39 is 0 Å².